The third kappa shape index (κ3) is 8.62. The zero-order valence-corrected chi connectivity index (χ0v) is 28.7. The van der Waals surface area contributed by atoms with Gasteiger partial charge in [0.05, 0.1) is 10.6 Å². The van der Waals surface area contributed by atoms with Gasteiger partial charge in [0.2, 0.25) is 11.8 Å². The van der Waals surface area contributed by atoms with Crippen molar-refractivity contribution in [3.8, 4) is 0 Å². The molecular formula is C38H42ClN3O4S. The summed E-state index contributed by atoms with van der Waals surface area (Å²) in [5, 5.41) is 3.76. The maximum Gasteiger partial charge on any atom is 0.264 e. The van der Waals surface area contributed by atoms with Crippen LogP contribution < -0.4 is 9.62 Å². The lowest BCUT2D eigenvalue weighted by Crippen LogP contribution is -2.54. The second kappa shape index (κ2) is 15.2. The number of nitrogens with one attached hydrogen (secondary N) is 1. The van der Waals surface area contributed by atoms with E-state index in [1.54, 1.807) is 42.5 Å². The number of carbonyl (C=O) groups is 2. The Morgan fingerprint density at radius 3 is 2.11 bits per heavy atom. The minimum absolute atomic E-state index is 0.0434. The lowest BCUT2D eigenvalue weighted by Gasteiger charge is -2.34. The van der Waals surface area contributed by atoms with E-state index < -0.39 is 28.5 Å². The zero-order valence-electron chi connectivity index (χ0n) is 27.2. The van der Waals surface area contributed by atoms with Crippen LogP contribution in [-0.2, 0) is 32.6 Å². The summed E-state index contributed by atoms with van der Waals surface area (Å²) >= 11 is 6.19. The van der Waals surface area contributed by atoms with Crippen LogP contribution in [0.25, 0.3) is 0 Å². The summed E-state index contributed by atoms with van der Waals surface area (Å²) in [6.45, 7) is 5.27. The summed E-state index contributed by atoms with van der Waals surface area (Å²) in [4.78, 5) is 30.4. The van der Waals surface area contributed by atoms with E-state index in [9.17, 15) is 18.0 Å². The molecule has 1 N–H and O–H groups in total. The molecule has 9 heteroatoms. The molecule has 2 amide bonds. The number of hydrogen-bond donors (Lipinski definition) is 1. The highest BCUT2D eigenvalue weighted by atomic mass is 35.5. The van der Waals surface area contributed by atoms with Gasteiger partial charge in [0.25, 0.3) is 10.0 Å². The van der Waals surface area contributed by atoms with Gasteiger partial charge in [-0.2, -0.15) is 0 Å². The lowest BCUT2D eigenvalue weighted by atomic mass is 10.0. The number of hydrogen-bond acceptors (Lipinski definition) is 4. The highest BCUT2D eigenvalue weighted by Crippen LogP contribution is 2.29. The average Bonchev–Trinajstić information content (AvgIpc) is 3.56. The van der Waals surface area contributed by atoms with Crippen LogP contribution >= 0.6 is 11.6 Å². The number of nitrogens with zero attached hydrogens (tertiary/aromatic N) is 2. The first kappa shape index (κ1) is 34.2. The molecule has 1 aliphatic carbocycles. The number of benzene rings is 4. The van der Waals surface area contributed by atoms with Gasteiger partial charge < -0.3 is 10.2 Å². The normalized spacial score (nSPS) is 14.0. The average molecular weight is 672 g/mol. The Labute approximate surface area is 283 Å². The van der Waals surface area contributed by atoms with Crippen molar-refractivity contribution in [2.45, 2.75) is 76.4 Å². The first-order valence-electron chi connectivity index (χ1n) is 16.1. The zero-order chi connectivity index (χ0) is 33.6. The van der Waals surface area contributed by atoms with Crippen molar-refractivity contribution in [1.29, 1.82) is 0 Å². The van der Waals surface area contributed by atoms with Crippen molar-refractivity contribution in [2.24, 2.45) is 0 Å². The van der Waals surface area contributed by atoms with Gasteiger partial charge in [0.15, 0.2) is 0 Å². The van der Waals surface area contributed by atoms with E-state index in [1.807, 2.05) is 75.4 Å². The van der Waals surface area contributed by atoms with Crippen LogP contribution in [0, 0.1) is 20.8 Å². The maximum absolute atomic E-state index is 14.7. The summed E-state index contributed by atoms with van der Waals surface area (Å²) in [5.74, 6) is -0.736. The van der Waals surface area contributed by atoms with Gasteiger partial charge in [-0.05, 0) is 80.6 Å². The minimum Gasteiger partial charge on any atom is -0.352 e. The van der Waals surface area contributed by atoms with E-state index in [0.717, 1.165) is 53.5 Å². The van der Waals surface area contributed by atoms with Gasteiger partial charge in [0.1, 0.15) is 12.6 Å². The van der Waals surface area contributed by atoms with Crippen molar-refractivity contribution in [2.75, 3.05) is 10.8 Å². The molecule has 0 spiro atoms. The molecule has 0 unspecified atom stereocenters. The molecule has 1 fully saturated rings. The quantitative estimate of drug-likeness (QED) is 0.173. The van der Waals surface area contributed by atoms with E-state index in [2.05, 4.69) is 5.32 Å². The van der Waals surface area contributed by atoms with Gasteiger partial charge in [-0.25, -0.2) is 8.42 Å². The Morgan fingerprint density at radius 2 is 1.47 bits per heavy atom. The molecule has 4 aromatic carbocycles. The van der Waals surface area contributed by atoms with E-state index in [0.29, 0.717) is 10.7 Å². The molecule has 7 nitrogen and oxygen atoms in total. The van der Waals surface area contributed by atoms with E-state index in [4.69, 9.17) is 11.6 Å². The summed E-state index contributed by atoms with van der Waals surface area (Å²) in [7, 11) is -4.17. The first-order chi connectivity index (χ1) is 22.5. The van der Waals surface area contributed by atoms with Gasteiger partial charge in [-0.3, -0.25) is 13.9 Å². The van der Waals surface area contributed by atoms with Gasteiger partial charge in [0, 0.05) is 24.0 Å². The molecule has 5 rings (SSSR count). The summed E-state index contributed by atoms with van der Waals surface area (Å²) in [6.07, 6.45) is 4.15. The highest BCUT2D eigenvalue weighted by Gasteiger charge is 2.36. The van der Waals surface area contributed by atoms with Crippen LogP contribution in [0.3, 0.4) is 0 Å². The number of aryl methyl sites for hydroxylation is 3. The van der Waals surface area contributed by atoms with Crippen molar-refractivity contribution >= 4 is 39.1 Å². The van der Waals surface area contributed by atoms with Gasteiger partial charge >= 0.3 is 0 Å². The summed E-state index contributed by atoms with van der Waals surface area (Å²) < 4.78 is 29.8. The van der Waals surface area contributed by atoms with Crippen LogP contribution in [0.1, 0.15) is 53.5 Å². The molecule has 0 radical (unpaired) electrons. The van der Waals surface area contributed by atoms with Crippen LogP contribution in [0.15, 0.2) is 102 Å². The van der Waals surface area contributed by atoms with Crippen molar-refractivity contribution in [3.05, 3.63) is 130 Å². The second-order valence-corrected chi connectivity index (χ2v) is 14.8. The number of halogens is 1. The fourth-order valence-corrected chi connectivity index (χ4v) is 7.75. The molecular weight excluding hydrogens is 630 g/mol. The number of anilines is 1. The predicted octanol–water partition coefficient (Wildman–Crippen LogP) is 7.16. The van der Waals surface area contributed by atoms with Crippen LogP contribution in [0.2, 0.25) is 5.02 Å². The molecule has 4 aromatic rings. The fourth-order valence-electron chi connectivity index (χ4n) is 6.14. The largest absolute Gasteiger partial charge is 0.352 e. The predicted molar refractivity (Wildman–Crippen MR) is 188 cm³/mol. The van der Waals surface area contributed by atoms with Crippen LogP contribution in [0.5, 0.6) is 0 Å². The van der Waals surface area contributed by atoms with Crippen molar-refractivity contribution in [3.63, 3.8) is 0 Å². The Kier molecular flexibility index (Phi) is 11.0. The SMILES string of the molecule is Cc1ccc(S(=O)(=O)N(CC(=O)N(Cc2ccc(Cl)cc2)[C@H](Cc2ccccc2)C(=O)NC2CCCC2)c2ccc(C)cc2C)cc1. The van der Waals surface area contributed by atoms with Crippen LogP contribution in [-0.4, -0.2) is 43.8 Å². The van der Waals surface area contributed by atoms with E-state index >= 15 is 0 Å². The minimum atomic E-state index is -4.17. The summed E-state index contributed by atoms with van der Waals surface area (Å²) in [6, 6.07) is 28.0. The molecule has 1 aliphatic rings. The molecule has 246 valence electrons. The van der Waals surface area contributed by atoms with Gasteiger partial charge in [-0.15, -0.1) is 0 Å². The molecule has 0 saturated heterocycles. The number of carbonyl (C=O) groups excluding carboxylic acids is 2. The lowest BCUT2D eigenvalue weighted by molar-refractivity contribution is -0.140. The van der Waals surface area contributed by atoms with Crippen molar-refractivity contribution in [1.82, 2.24) is 10.2 Å². The monoisotopic (exact) mass is 671 g/mol. The van der Waals surface area contributed by atoms with E-state index in [-0.39, 0.29) is 29.8 Å². The number of amides is 2. The molecule has 0 aromatic heterocycles. The molecule has 1 saturated carbocycles. The molecule has 0 bridgehead atoms. The maximum atomic E-state index is 14.7. The number of sulfonamides is 1. The third-order valence-corrected chi connectivity index (χ3v) is 10.8. The molecule has 47 heavy (non-hydrogen) atoms. The second-order valence-electron chi connectivity index (χ2n) is 12.5. The summed E-state index contributed by atoms with van der Waals surface area (Å²) in [5.41, 5.74) is 4.69. The first-order valence-corrected chi connectivity index (χ1v) is 17.9. The number of rotatable bonds is 12. The Morgan fingerprint density at radius 1 is 0.830 bits per heavy atom. The standard InChI is InChI=1S/C38H42ClN3O4S/c1-27-13-20-34(21-14-27)47(45,46)42(35-22-15-28(2)23-29(35)3)26-37(43)41(25-31-16-18-32(39)19-17-31)36(24-30-9-5-4-6-10-30)38(44)40-33-11-7-8-12-33/h4-6,9-10,13-23,33,36H,7-8,11-12,24-26H2,1-3H3,(H,40,44)/t36-/m1/s1. The fraction of sp³-hybridized carbons (Fsp3) is 0.316. The Hall–Kier alpha value is -4.14. The highest BCUT2D eigenvalue weighted by molar-refractivity contribution is 7.92. The molecule has 0 aliphatic heterocycles. The van der Waals surface area contributed by atoms with Crippen molar-refractivity contribution < 1.29 is 18.0 Å². The third-order valence-electron chi connectivity index (χ3n) is 8.75. The van der Waals surface area contributed by atoms with Crippen LogP contribution in [0.4, 0.5) is 5.69 Å². The van der Waals surface area contributed by atoms with E-state index in [1.165, 1.54) is 9.21 Å². The topological polar surface area (TPSA) is 86.8 Å². The molecule has 1 atom stereocenters. The smallest absolute Gasteiger partial charge is 0.264 e. The molecule has 0 heterocycles. The Balaban J connectivity index is 1.58. The van der Waals surface area contributed by atoms with Gasteiger partial charge in [-0.1, -0.05) is 102 Å². The Bertz CT molecular complexity index is 1790.